The highest BCUT2D eigenvalue weighted by atomic mass is 16.1. The van der Waals surface area contributed by atoms with Crippen LogP contribution in [0.4, 0.5) is 0 Å². The first-order chi connectivity index (χ1) is 6.06. The highest BCUT2D eigenvalue weighted by Gasteiger charge is 2.14. The van der Waals surface area contributed by atoms with Gasteiger partial charge >= 0.3 is 0 Å². The molecule has 0 spiro atoms. The molecule has 0 saturated heterocycles. The maximum absolute atomic E-state index is 10.5. The summed E-state index contributed by atoms with van der Waals surface area (Å²) in [5, 5.41) is 6.28. The van der Waals surface area contributed by atoms with Gasteiger partial charge in [0.2, 0.25) is 0 Å². The van der Waals surface area contributed by atoms with E-state index in [0.717, 1.165) is 6.42 Å². The van der Waals surface area contributed by atoms with Crippen LogP contribution in [-0.2, 0) is 9.59 Å². The third-order valence-electron chi connectivity index (χ3n) is 1.46. The molecule has 0 aromatic rings. The second-order valence-corrected chi connectivity index (χ2v) is 2.67. The molecule has 0 bridgehead atoms. The van der Waals surface area contributed by atoms with Crippen LogP contribution in [0.15, 0.2) is 0 Å². The molecule has 1 saturated carbocycles. The SMILES string of the molecule is N=C(N)NN.O=C1CCCC(=O)C1. The second-order valence-electron chi connectivity index (χ2n) is 2.67. The average molecular weight is 186 g/mol. The molecule has 6 nitrogen and oxygen atoms in total. The minimum Gasteiger partial charge on any atom is -0.369 e. The van der Waals surface area contributed by atoms with Crippen molar-refractivity contribution >= 4 is 17.5 Å². The number of Topliss-reactive ketones (excluding diaryl/α,β-unsaturated/α-hetero) is 2. The Morgan fingerprint density at radius 1 is 1.31 bits per heavy atom. The molecule has 0 radical (unpaired) electrons. The van der Waals surface area contributed by atoms with Crippen LogP contribution < -0.4 is 17.0 Å². The summed E-state index contributed by atoms with van der Waals surface area (Å²) >= 11 is 0. The third-order valence-corrected chi connectivity index (χ3v) is 1.46. The molecule has 0 amide bonds. The summed E-state index contributed by atoms with van der Waals surface area (Å²) in [5.74, 6) is 4.58. The predicted molar refractivity (Wildman–Crippen MR) is 47.7 cm³/mol. The van der Waals surface area contributed by atoms with Crippen molar-refractivity contribution in [1.29, 1.82) is 5.41 Å². The minimum absolute atomic E-state index is 0.112. The molecule has 1 aliphatic rings. The number of nitrogens with one attached hydrogen (secondary N) is 2. The van der Waals surface area contributed by atoms with Gasteiger partial charge in [0.1, 0.15) is 11.6 Å². The summed E-state index contributed by atoms with van der Waals surface area (Å²) in [5.41, 5.74) is 6.53. The van der Waals surface area contributed by atoms with Gasteiger partial charge in [-0.2, -0.15) is 0 Å². The number of hydrazine groups is 1. The molecule has 74 valence electrons. The lowest BCUT2D eigenvalue weighted by atomic mass is 9.98. The summed E-state index contributed by atoms with van der Waals surface area (Å²) in [7, 11) is 0. The molecule has 0 atom stereocenters. The van der Waals surface area contributed by atoms with Gasteiger partial charge in [0.05, 0.1) is 6.42 Å². The number of rotatable bonds is 0. The zero-order valence-corrected chi connectivity index (χ0v) is 7.30. The molecular formula is C7H14N4O2. The van der Waals surface area contributed by atoms with E-state index in [-0.39, 0.29) is 23.9 Å². The van der Waals surface area contributed by atoms with Crippen LogP contribution in [0.25, 0.3) is 0 Å². The summed E-state index contributed by atoms with van der Waals surface area (Å²) in [6.07, 6.45) is 2.20. The molecule has 0 heterocycles. The van der Waals surface area contributed by atoms with Crippen LogP contribution in [0.2, 0.25) is 0 Å². The van der Waals surface area contributed by atoms with E-state index in [1.54, 1.807) is 0 Å². The Labute approximate surface area is 76.1 Å². The monoisotopic (exact) mass is 186 g/mol. The van der Waals surface area contributed by atoms with Crippen LogP contribution in [0.5, 0.6) is 0 Å². The van der Waals surface area contributed by atoms with E-state index < -0.39 is 0 Å². The lowest BCUT2D eigenvalue weighted by molar-refractivity contribution is -0.129. The van der Waals surface area contributed by atoms with Crippen molar-refractivity contribution in [2.75, 3.05) is 0 Å². The molecule has 1 fully saturated rings. The zero-order valence-electron chi connectivity index (χ0n) is 7.30. The molecule has 13 heavy (non-hydrogen) atoms. The van der Waals surface area contributed by atoms with Gasteiger partial charge in [-0.25, -0.2) is 5.84 Å². The Hall–Kier alpha value is -1.43. The van der Waals surface area contributed by atoms with Gasteiger partial charge in [-0.15, -0.1) is 0 Å². The maximum Gasteiger partial charge on any atom is 0.200 e. The number of hydrogen-bond donors (Lipinski definition) is 4. The fraction of sp³-hybridized carbons (Fsp3) is 0.571. The highest BCUT2D eigenvalue weighted by Crippen LogP contribution is 2.09. The Morgan fingerprint density at radius 3 is 1.85 bits per heavy atom. The molecule has 0 aromatic heterocycles. The van der Waals surface area contributed by atoms with Crippen molar-refractivity contribution in [3.8, 4) is 0 Å². The van der Waals surface area contributed by atoms with Crippen LogP contribution in [0.1, 0.15) is 25.7 Å². The molecule has 1 aliphatic carbocycles. The quantitative estimate of drug-likeness (QED) is 0.128. The standard InChI is InChI=1S/C6H8O2.CH6N4/c7-5-2-1-3-6(8)4-5;2-1(3)5-4/h1-4H2;4H2,(H4,2,3,5). The number of carbonyl (C=O) groups excluding carboxylic acids is 2. The lowest BCUT2D eigenvalue weighted by Crippen LogP contribution is -2.35. The summed E-state index contributed by atoms with van der Waals surface area (Å²) in [6.45, 7) is 0. The molecule has 0 aliphatic heterocycles. The predicted octanol–water partition coefficient (Wildman–Crippen LogP) is -0.958. The number of hydrogen-bond acceptors (Lipinski definition) is 4. The van der Waals surface area contributed by atoms with E-state index >= 15 is 0 Å². The Balaban J connectivity index is 0.000000252. The molecule has 0 unspecified atom stereocenters. The summed E-state index contributed by atoms with van der Waals surface area (Å²) in [4.78, 5) is 20.9. The van der Waals surface area contributed by atoms with Crippen molar-refractivity contribution in [1.82, 2.24) is 5.43 Å². The van der Waals surface area contributed by atoms with Crippen LogP contribution >= 0.6 is 0 Å². The normalized spacial score (nSPS) is 15.8. The first-order valence-electron chi connectivity index (χ1n) is 3.90. The smallest absolute Gasteiger partial charge is 0.200 e. The van der Waals surface area contributed by atoms with Crippen molar-refractivity contribution in [3.63, 3.8) is 0 Å². The van der Waals surface area contributed by atoms with Gasteiger partial charge in [0.25, 0.3) is 0 Å². The minimum atomic E-state index is -0.218. The van der Waals surface area contributed by atoms with Gasteiger partial charge in [-0.3, -0.25) is 20.4 Å². The lowest BCUT2D eigenvalue weighted by Gasteiger charge is -2.04. The highest BCUT2D eigenvalue weighted by molar-refractivity contribution is 6.01. The molecular weight excluding hydrogens is 172 g/mol. The van der Waals surface area contributed by atoms with E-state index in [4.69, 9.17) is 5.41 Å². The van der Waals surface area contributed by atoms with Crippen LogP contribution in [0.3, 0.4) is 0 Å². The van der Waals surface area contributed by atoms with E-state index in [0.29, 0.717) is 12.8 Å². The van der Waals surface area contributed by atoms with Crippen LogP contribution in [0, 0.1) is 5.41 Å². The van der Waals surface area contributed by atoms with E-state index in [1.165, 1.54) is 0 Å². The average Bonchev–Trinajstić information content (AvgIpc) is 2.05. The van der Waals surface area contributed by atoms with Gasteiger partial charge in [0.15, 0.2) is 5.96 Å². The third kappa shape index (κ3) is 6.95. The van der Waals surface area contributed by atoms with Crippen molar-refractivity contribution in [2.45, 2.75) is 25.7 Å². The molecule has 6 heteroatoms. The number of guanidine groups is 1. The van der Waals surface area contributed by atoms with Crippen LogP contribution in [-0.4, -0.2) is 17.5 Å². The van der Waals surface area contributed by atoms with Gasteiger partial charge in [0, 0.05) is 12.8 Å². The fourth-order valence-electron chi connectivity index (χ4n) is 0.879. The fourth-order valence-corrected chi connectivity index (χ4v) is 0.879. The van der Waals surface area contributed by atoms with Crippen molar-refractivity contribution in [3.05, 3.63) is 0 Å². The Morgan fingerprint density at radius 2 is 1.69 bits per heavy atom. The summed E-state index contributed by atoms with van der Waals surface area (Å²) < 4.78 is 0. The van der Waals surface area contributed by atoms with E-state index in [2.05, 4.69) is 11.6 Å². The number of ketones is 2. The van der Waals surface area contributed by atoms with Crippen molar-refractivity contribution < 1.29 is 9.59 Å². The number of carbonyl (C=O) groups is 2. The molecule has 6 N–H and O–H groups in total. The second kappa shape index (κ2) is 6.13. The van der Waals surface area contributed by atoms with Crippen molar-refractivity contribution in [2.24, 2.45) is 11.6 Å². The van der Waals surface area contributed by atoms with Gasteiger partial charge in [-0.1, -0.05) is 0 Å². The Kier molecular flexibility index (Phi) is 5.45. The van der Waals surface area contributed by atoms with E-state index in [9.17, 15) is 9.59 Å². The van der Waals surface area contributed by atoms with E-state index in [1.807, 2.05) is 5.43 Å². The number of nitrogens with two attached hydrogens (primary N) is 2. The molecule has 1 rings (SSSR count). The first kappa shape index (κ1) is 11.6. The topological polar surface area (TPSA) is 122 Å². The van der Waals surface area contributed by atoms with Gasteiger partial charge in [-0.05, 0) is 6.42 Å². The summed E-state index contributed by atoms with van der Waals surface area (Å²) in [6, 6.07) is 0. The van der Waals surface area contributed by atoms with Gasteiger partial charge < -0.3 is 5.73 Å². The largest absolute Gasteiger partial charge is 0.369 e. The molecule has 0 aromatic carbocycles. The Bertz CT molecular complexity index is 201. The zero-order chi connectivity index (χ0) is 10.3. The first-order valence-corrected chi connectivity index (χ1v) is 3.90. The maximum atomic E-state index is 10.5.